The van der Waals surface area contributed by atoms with Crippen molar-refractivity contribution in [3.05, 3.63) is 6.42 Å². The fourth-order valence-corrected chi connectivity index (χ4v) is 0.926. The van der Waals surface area contributed by atoms with Crippen molar-refractivity contribution >= 4 is 0 Å². The van der Waals surface area contributed by atoms with Crippen LogP contribution in [0.25, 0.3) is 0 Å². The molecule has 0 radical (unpaired) electrons. The van der Waals surface area contributed by atoms with Crippen molar-refractivity contribution in [1.82, 2.24) is 0 Å². The largest absolute Gasteiger partial charge is 1.00 e. The molecule has 1 aliphatic rings. The van der Waals surface area contributed by atoms with Crippen molar-refractivity contribution in [3.8, 4) is 0 Å². The van der Waals surface area contributed by atoms with E-state index in [4.69, 9.17) is 5.11 Å². The van der Waals surface area contributed by atoms with Crippen LogP contribution in [0.3, 0.4) is 0 Å². The van der Waals surface area contributed by atoms with Crippen LogP contribution in [0.4, 0.5) is 0 Å². The molecule has 1 fully saturated rings. The van der Waals surface area contributed by atoms with E-state index in [1.54, 1.807) is 0 Å². The second-order valence-corrected chi connectivity index (χ2v) is 2.09. The number of hydrogen-bond acceptors (Lipinski definition) is 1. The molecule has 1 nitrogen and oxygen atoms in total. The monoisotopic (exact) mass is 138 g/mol. The van der Waals surface area contributed by atoms with Gasteiger partial charge in [0.15, 0.2) is 0 Å². The Morgan fingerprint density at radius 2 is 2.12 bits per heavy atom. The molecule has 1 N–H and O–H groups in total. The van der Waals surface area contributed by atoms with Gasteiger partial charge >= 0.3 is 51.4 Å². The third-order valence-corrected chi connectivity index (χ3v) is 1.39. The van der Waals surface area contributed by atoms with Crippen LogP contribution in [0.1, 0.15) is 25.7 Å². The molecular formula is C6H11KO. The smallest absolute Gasteiger partial charge is 0.425 e. The van der Waals surface area contributed by atoms with Crippen molar-refractivity contribution in [2.45, 2.75) is 31.8 Å². The zero-order chi connectivity index (χ0) is 5.11. The first-order valence-electron chi connectivity index (χ1n) is 2.91. The summed E-state index contributed by atoms with van der Waals surface area (Å²) in [7, 11) is 0. The zero-order valence-electron chi connectivity index (χ0n) is 5.43. The average Bonchev–Trinajstić information content (AvgIpc) is 1.69. The predicted octanol–water partition coefficient (Wildman–Crippen LogP) is -1.87. The van der Waals surface area contributed by atoms with Crippen LogP contribution in [0.15, 0.2) is 0 Å². The van der Waals surface area contributed by atoms with Gasteiger partial charge < -0.3 is 11.5 Å². The van der Waals surface area contributed by atoms with Gasteiger partial charge in [0.05, 0.1) is 0 Å². The second kappa shape index (κ2) is 5.39. The number of rotatable bonds is 0. The van der Waals surface area contributed by atoms with E-state index >= 15 is 0 Å². The minimum atomic E-state index is -0.0891. The Bertz CT molecular complexity index is 50.5. The van der Waals surface area contributed by atoms with Gasteiger partial charge in [-0.15, -0.1) is 0 Å². The summed E-state index contributed by atoms with van der Waals surface area (Å²) >= 11 is 0. The quantitative estimate of drug-likeness (QED) is 0.307. The third kappa shape index (κ3) is 3.59. The van der Waals surface area contributed by atoms with E-state index in [0.717, 1.165) is 12.8 Å². The first-order chi connectivity index (χ1) is 3.39. The Balaban J connectivity index is 0.000000490. The van der Waals surface area contributed by atoms with E-state index in [2.05, 4.69) is 0 Å². The summed E-state index contributed by atoms with van der Waals surface area (Å²) in [5, 5.41) is 8.85. The van der Waals surface area contributed by atoms with Crippen LogP contribution >= 0.6 is 0 Å². The van der Waals surface area contributed by atoms with Gasteiger partial charge in [-0.05, 0) is 0 Å². The average molecular weight is 138 g/mol. The molecule has 0 bridgehead atoms. The Kier molecular flexibility index (Phi) is 6.46. The van der Waals surface area contributed by atoms with Crippen LogP contribution in [0, 0.1) is 6.42 Å². The van der Waals surface area contributed by atoms with E-state index in [1.165, 1.54) is 12.8 Å². The van der Waals surface area contributed by atoms with E-state index in [-0.39, 0.29) is 57.5 Å². The molecule has 0 aromatic rings. The van der Waals surface area contributed by atoms with Crippen LogP contribution in [0.5, 0.6) is 0 Å². The molecule has 0 aliphatic heterocycles. The molecule has 0 aromatic heterocycles. The van der Waals surface area contributed by atoms with E-state index in [1.807, 2.05) is 6.42 Å². The molecule has 0 saturated heterocycles. The van der Waals surface area contributed by atoms with E-state index < -0.39 is 0 Å². The predicted molar refractivity (Wildman–Crippen MR) is 28.8 cm³/mol. The molecule has 0 aromatic carbocycles. The van der Waals surface area contributed by atoms with Crippen LogP contribution < -0.4 is 51.4 Å². The van der Waals surface area contributed by atoms with Gasteiger partial charge in [0.25, 0.3) is 0 Å². The summed E-state index contributed by atoms with van der Waals surface area (Å²) in [6.45, 7) is 0. The molecule has 0 heterocycles. The molecule has 2 heteroatoms. The van der Waals surface area contributed by atoms with Gasteiger partial charge in [0.1, 0.15) is 0 Å². The van der Waals surface area contributed by atoms with Crippen molar-refractivity contribution in [2.75, 3.05) is 0 Å². The normalized spacial score (nSPS) is 28.9. The van der Waals surface area contributed by atoms with Crippen LogP contribution in [0.2, 0.25) is 0 Å². The van der Waals surface area contributed by atoms with Crippen molar-refractivity contribution in [1.29, 1.82) is 0 Å². The van der Waals surface area contributed by atoms with Crippen molar-refractivity contribution in [2.24, 2.45) is 0 Å². The fraction of sp³-hybridized carbons (Fsp3) is 0.833. The number of aliphatic hydroxyl groups excluding tert-OH is 1. The molecule has 8 heavy (non-hydrogen) atoms. The molecular weight excluding hydrogens is 127 g/mol. The zero-order valence-corrected chi connectivity index (χ0v) is 8.55. The van der Waals surface area contributed by atoms with Gasteiger partial charge in [0.2, 0.25) is 0 Å². The van der Waals surface area contributed by atoms with Gasteiger partial charge in [-0.1, -0.05) is 25.4 Å². The fourth-order valence-electron chi connectivity index (χ4n) is 0.926. The molecule has 0 amide bonds. The molecule has 1 aliphatic carbocycles. The molecule has 1 unspecified atom stereocenters. The maximum absolute atomic E-state index is 8.85. The molecule has 1 atom stereocenters. The minimum absolute atomic E-state index is 0. The Hall–Kier alpha value is 1.60. The van der Waals surface area contributed by atoms with Gasteiger partial charge in [-0.25, -0.2) is 0 Å². The number of aliphatic hydroxyl groups is 1. The third-order valence-electron chi connectivity index (χ3n) is 1.39. The standard InChI is InChI=1S/C6H11O.K/c7-6-4-2-1-3-5-6;/h4,6-7H,1-3,5H2;/q-1;+1. The first kappa shape index (κ1) is 9.60. The van der Waals surface area contributed by atoms with E-state index in [0.29, 0.717) is 0 Å². The van der Waals surface area contributed by atoms with Crippen molar-refractivity contribution in [3.63, 3.8) is 0 Å². The topological polar surface area (TPSA) is 20.2 Å². The minimum Gasteiger partial charge on any atom is -0.425 e. The van der Waals surface area contributed by atoms with Gasteiger partial charge in [0, 0.05) is 0 Å². The van der Waals surface area contributed by atoms with Crippen LogP contribution in [-0.2, 0) is 0 Å². The summed E-state index contributed by atoms with van der Waals surface area (Å²) in [5.41, 5.74) is 0. The Morgan fingerprint density at radius 3 is 2.38 bits per heavy atom. The van der Waals surface area contributed by atoms with Crippen LogP contribution in [-0.4, -0.2) is 11.2 Å². The maximum atomic E-state index is 8.85. The Labute approximate surface area is 93.3 Å². The molecule has 0 spiro atoms. The summed E-state index contributed by atoms with van der Waals surface area (Å²) in [4.78, 5) is 0. The molecule has 1 rings (SSSR count). The summed E-state index contributed by atoms with van der Waals surface area (Å²) in [6.07, 6.45) is 6.48. The summed E-state index contributed by atoms with van der Waals surface area (Å²) in [6, 6.07) is 0. The summed E-state index contributed by atoms with van der Waals surface area (Å²) < 4.78 is 0. The molecule has 1 saturated carbocycles. The van der Waals surface area contributed by atoms with Gasteiger partial charge in [-0.2, -0.15) is 6.42 Å². The maximum Gasteiger partial charge on any atom is 1.00 e. The van der Waals surface area contributed by atoms with Crippen molar-refractivity contribution < 1.29 is 56.5 Å². The Morgan fingerprint density at radius 1 is 1.38 bits per heavy atom. The molecule has 42 valence electrons. The van der Waals surface area contributed by atoms with Gasteiger partial charge in [-0.3, -0.25) is 0 Å². The SMILES string of the molecule is OC1[CH-]CCCC1.[K+]. The second-order valence-electron chi connectivity index (χ2n) is 2.09. The summed E-state index contributed by atoms with van der Waals surface area (Å²) in [5.74, 6) is 0. The van der Waals surface area contributed by atoms with E-state index in [9.17, 15) is 0 Å². The number of hydrogen-bond donors (Lipinski definition) is 1. The first-order valence-corrected chi connectivity index (χ1v) is 2.91.